The predicted octanol–water partition coefficient (Wildman–Crippen LogP) is 1.78. The molecule has 0 aromatic carbocycles. The number of hydrogen-bond donors (Lipinski definition) is 1. The van der Waals surface area contributed by atoms with Crippen LogP contribution in [0.1, 0.15) is 42.2 Å². The lowest BCUT2D eigenvalue weighted by Gasteiger charge is -2.15. The molecule has 130 valence electrons. The summed E-state index contributed by atoms with van der Waals surface area (Å²) in [6.07, 6.45) is 2.43. The first-order valence-electron chi connectivity index (χ1n) is 8.14. The number of carbonyl (C=O) groups excluding carboxylic acids is 1. The van der Waals surface area contributed by atoms with E-state index in [1.54, 1.807) is 16.8 Å². The molecule has 0 saturated carbocycles. The number of anilines is 1. The standard InChI is InChI=1S/C18H20N4O3/c1-5-11(3)22-14(19)12(18(24)25-4)9-13-16(22)20-15-10(2)7-6-8-21(15)17(13)23/h6-9,11,19H,5H2,1-4H3/p+1/t11-/m1/s1. The molecule has 0 saturated heterocycles. The second kappa shape index (κ2) is 6.16. The van der Waals surface area contributed by atoms with Crippen LogP contribution in [0.5, 0.6) is 0 Å². The Morgan fingerprint density at radius 3 is 2.84 bits per heavy atom. The van der Waals surface area contributed by atoms with Crippen LogP contribution in [0.4, 0.5) is 5.82 Å². The van der Waals surface area contributed by atoms with Crippen molar-refractivity contribution in [2.45, 2.75) is 33.2 Å². The van der Waals surface area contributed by atoms with Gasteiger partial charge in [0, 0.05) is 11.8 Å². The third-order valence-electron chi connectivity index (χ3n) is 4.55. The Hall–Kier alpha value is -2.96. The molecule has 0 unspecified atom stereocenters. The maximum atomic E-state index is 13.0. The number of fused-ring (bicyclic) bond motifs is 2. The highest BCUT2D eigenvalue weighted by Gasteiger charge is 2.27. The molecule has 0 radical (unpaired) electrons. The summed E-state index contributed by atoms with van der Waals surface area (Å²) in [5.74, 6) is -0.330. The van der Waals surface area contributed by atoms with Crippen LogP contribution in [0.25, 0.3) is 16.7 Å². The molecule has 0 bridgehead atoms. The minimum absolute atomic E-state index is 0.0366. The zero-order valence-corrected chi connectivity index (χ0v) is 14.7. The molecule has 0 amide bonds. The van der Waals surface area contributed by atoms with E-state index < -0.39 is 5.97 Å². The van der Waals surface area contributed by atoms with Crippen LogP contribution in [0.3, 0.4) is 0 Å². The van der Waals surface area contributed by atoms with Crippen LogP contribution >= 0.6 is 0 Å². The Bertz CT molecular complexity index is 1060. The van der Waals surface area contributed by atoms with Crippen molar-refractivity contribution in [2.75, 3.05) is 12.8 Å². The predicted molar refractivity (Wildman–Crippen MR) is 94.7 cm³/mol. The van der Waals surface area contributed by atoms with E-state index in [1.807, 2.05) is 26.8 Å². The molecule has 7 heteroatoms. The van der Waals surface area contributed by atoms with Gasteiger partial charge in [0.25, 0.3) is 11.2 Å². The number of esters is 1. The minimum atomic E-state index is -0.579. The molecule has 0 spiro atoms. The molecular formula is C18H21N4O3+. The Morgan fingerprint density at radius 1 is 1.48 bits per heavy atom. The van der Waals surface area contributed by atoms with E-state index in [1.165, 1.54) is 17.6 Å². The van der Waals surface area contributed by atoms with Gasteiger partial charge in [-0.15, -0.1) is 0 Å². The van der Waals surface area contributed by atoms with Crippen LogP contribution in [0, 0.1) is 6.92 Å². The first-order valence-corrected chi connectivity index (χ1v) is 8.14. The molecule has 3 rings (SSSR count). The quantitative estimate of drug-likeness (QED) is 0.445. The summed E-state index contributed by atoms with van der Waals surface area (Å²) in [6.45, 7) is 5.87. The van der Waals surface area contributed by atoms with Gasteiger partial charge in [0.2, 0.25) is 11.5 Å². The molecule has 2 N–H and O–H groups in total. The fraction of sp³-hybridized carbons (Fsp3) is 0.333. The highest BCUT2D eigenvalue weighted by atomic mass is 16.5. The van der Waals surface area contributed by atoms with Crippen molar-refractivity contribution in [3.05, 3.63) is 45.9 Å². The van der Waals surface area contributed by atoms with Crippen molar-refractivity contribution >= 4 is 28.5 Å². The summed E-state index contributed by atoms with van der Waals surface area (Å²) in [7, 11) is 1.29. The molecule has 0 aliphatic heterocycles. The molecule has 7 nitrogen and oxygen atoms in total. The van der Waals surface area contributed by atoms with Crippen molar-refractivity contribution in [2.24, 2.45) is 0 Å². The first kappa shape index (κ1) is 16.9. The fourth-order valence-corrected chi connectivity index (χ4v) is 2.97. The Labute approximate surface area is 144 Å². The van der Waals surface area contributed by atoms with Gasteiger partial charge in [-0.3, -0.25) is 9.20 Å². The molecule has 0 fully saturated rings. The number of pyridine rings is 2. The largest absolute Gasteiger partial charge is 0.465 e. The van der Waals surface area contributed by atoms with Crippen molar-refractivity contribution in [1.82, 2.24) is 9.38 Å². The van der Waals surface area contributed by atoms with Crippen molar-refractivity contribution in [1.29, 1.82) is 0 Å². The molecule has 1 atom stereocenters. The maximum absolute atomic E-state index is 13.0. The molecule has 3 aromatic heterocycles. The molecule has 3 heterocycles. The monoisotopic (exact) mass is 341 g/mol. The number of aryl methyl sites for hydroxylation is 1. The number of hydrogen-bond acceptors (Lipinski definition) is 5. The zero-order valence-electron chi connectivity index (χ0n) is 14.7. The van der Waals surface area contributed by atoms with Gasteiger partial charge in [-0.05, 0) is 32.4 Å². The van der Waals surface area contributed by atoms with Gasteiger partial charge in [-0.1, -0.05) is 18.0 Å². The van der Waals surface area contributed by atoms with Gasteiger partial charge in [0.15, 0.2) is 0 Å². The van der Waals surface area contributed by atoms with E-state index in [4.69, 9.17) is 10.5 Å². The first-order chi connectivity index (χ1) is 11.9. The number of nitrogen functional groups attached to an aromatic ring is 1. The summed E-state index contributed by atoms with van der Waals surface area (Å²) in [6, 6.07) is 5.12. The van der Waals surface area contributed by atoms with Gasteiger partial charge in [-0.25, -0.2) is 9.36 Å². The van der Waals surface area contributed by atoms with Gasteiger partial charge in [0.1, 0.15) is 10.9 Å². The normalized spacial score (nSPS) is 12.5. The average Bonchev–Trinajstić information content (AvgIpc) is 2.61. The number of aromatic nitrogens is 3. The number of methoxy groups -OCH3 is 1. The van der Waals surface area contributed by atoms with Gasteiger partial charge in [0.05, 0.1) is 13.2 Å². The van der Waals surface area contributed by atoms with Crippen LogP contribution in [0.2, 0.25) is 0 Å². The Morgan fingerprint density at radius 2 is 2.20 bits per heavy atom. The van der Waals surface area contributed by atoms with Crippen LogP contribution < -0.4 is 15.9 Å². The lowest BCUT2D eigenvalue weighted by molar-refractivity contribution is -0.683. The minimum Gasteiger partial charge on any atom is -0.465 e. The fourth-order valence-electron chi connectivity index (χ4n) is 2.97. The summed E-state index contributed by atoms with van der Waals surface area (Å²) < 4.78 is 8.05. The van der Waals surface area contributed by atoms with E-state index in [9.17, 15) is 9.59 Å². The summed E-state index contributed by atoms with van der Waals surface area (Å²) in [5, 5.41) is 0.331. The van der Waals surface area contributed by atoms with E-state index in [-0.39, 0.29) is 23.0 Å². The number of nitrogens with two attached hydrogens (primary N) is 1. The van der Waals surface area contributed by atoms with E-state index in [2.05, 4.69) is 4.98 Å². The summed E-state index contributed by atoms with van der Waals surface area (Å²) >= 11 is 0. The van der Waals surface area contributed by atoms with Crippen LogP contribution in [-0.2, 0) is 4.74 Å². The third-order valence-corrected chi connectivity index (χ3v) is 4.55. The second-order valence-corrected chi connectivity index (χ2v) is 6.10. The summed E-state index contributed by atoms with van der Waals surface area (Å²) in [5.41, 5.74) is 8.10. The van der Waals surface area contributed by atoms with Crippen molar-refractivity contribution < 1.29 is 14.1 Å². The second-order valence-electron chi connectivity index (χ2n) is 6.10. The van der Waals surface area contributed by atoms with Crippen LogP contribution in [0.15, 0.2) is 29.2 Å². The van der Waals surface area contributed by atoms with E-state index in [0.29, 0.717) is 16.7 Å². The highest BCUT2D eigenvalue weighted by molar-refractivity contribution is 5.96. The molecule has 0 aliphatic carbocycles. The Balaban J connectivity index is 2.57. The van der Waals surface area contributed by atoms with Gasteiger partial charge in [-0.2, -0.15) is 0 Å². The zero-order chi connectivity index (χ0) is 18.3. The van der Waals surface area contributed by atoms with E-state index >= 15 is 0 Å². The molecule has 25 heavy (non-hydrogen) atoms. The number of ether oxygens (including phenoxy) is 1. The lowest BCUT2D eigenvalue weighted by Crippen LogP contribution is -2.44. The average molecular weight is 341 g/mol. The molecule has 0 aliphatic rings. The molecule has 3 aromatic rings. The topological polar surface area (TPSA) is 90.6 Å². The van der Waals surface area contributed by atoms with Crippen molar-refractivity contribution in [3.63, 3.8) is 0 Å². The third kappa shape index (κ3) is 2.52. The number of nitrogens with zero attached hydrogens (tertiary/aromatic N) is 3. The summed E-state index contributed by atoms with van der Waals surface area (Å²) in [4.78, 5) is 29.8. The van der Waals surface area contributed by atoms with E-state index in [0.717, 1.165) is 12.0 Å². The Kier molecular flexibility index (Phi) is 4.16. The maximum Gasteiger partial charge on any atom is 0.344 e. The van der Waals surface area contributed by atoms with Gasteiger partial charge >= 0.3 is 5.97 Å². The number of carbonyl (C=O) groups is 1. The molecular weight excluding hydrogens is 320 g/mol. The smallest absolute Gasteiger partial charge is 0.344 e. The van der Waals surface area contributed by atoms with Gasteiger partial charge < -0.3 is 10.5 Å². The SMILES string of the molecule is CC[C@@H](C)[n+]1c(N)c(C(=O)OC)cc2c(=O)n3cccc(C)c3nc21. The van der Waals surface area contributed by atoms with Crippen LogP contribution in [-0.4, -0.2) is 22.5 Å². The van der Waals surface area contributed by atoms with Crippen molar-refractivity contribution in [3.8, 4) is 0 Å². The lowest BCUT2D eigenvalue weighted by atomic mass is 10.1. The highest BCUT2D eigenvalue weighted by Crippen LogP contribution is 2.19. The number of rotatable bonds is 3.